The van der Waals surface area contributed by atoms with Crippen LogP contribution in [0.3, 0.4) is 0 Å². The minimum atomic E-state index is -0.138. The summed E-state index contributed by atoms with van der Waals surface area (Å²) < 4.78 is 0. The molecule has 0 radical (unpaired) electrons. The molecule has 0 spiro atoms. The fourth-order valence-corrected chi connectivity index (χ4v) is 1.22. The Kier molecular flexibility index (Phi) is 4.18. The number of amides is 1. The number of para-hydroxylation sites is 1. The van der Waals surface area contributed by atoms with E-state index in [1.807, 2.05) is 12.1 Å². The van der Waals surface area contributed by atoms with Crippen LogP contribution in [0.2, 0.25) is 0 Å². The van der Waals surface area contributed by atoms with Crippen molar-refractivity contribution in [2.75, 3.05) is 18.2 Å². The van der Waals surface area contributed by atoms with Crippen LogP contribution < -0.4 is 10.6 Å². The summed E-state index contributed by atoms with van der Waals surface area (Å²) in [6.07, 6.45) is 0. The van der Waals surface area contributed by atoms with E-state index < -0.39 is 0 Å². The van der Waals surface area contributed by atoms with Crippen LogP contribution in [0.1, 0.15) is 10.4 Å². The third kappa shape index (κ3) is 2.99. The SMILES string of the molecule is C=C(CCl)Nc1ccccc1C(=O)NC. The zero-order valence-electron chi connectivity index (χ0n) is 8.51. The average molecular weight is 225 g/mol. The van der Waals surface area contributed by atoms with E-state index in [1.54, 1.807) is 19.2 Å². The fraction of sp³-hybridized carbons (Fsp3) is 0.182. The summed E-state index contributed by atoms with van der Waals surface area (Å²) in [6, 6.07) is 7.19. The van der Waals surface area contributed by atoms with Gasteiger partial charge < -0.3 is 10.6 Å². The van der Waals surface area contributed by atoms with Gasteiger partial charge >= 0.3 is 0 Å². The normalized spacial score (nSPS) is 9.47. The number of carbonyl (C=O) groups is 1. The maximum atomic E-state index is 11.5. The maximum Gasteiger partial charge on any atom is 0.253 e. The Morgan fingerprint density at radius 1 is 1.47 bits per heavy atom. The van der Waals surface area contributed by atoms with Crippen LogP contribution in [0.25, 0.3) is 0 Å². The van der Waals surface area contributed by atoms with Crippen molar-refractivity contribution in [2.24, 2.45) is 0 Å². The van der Waals surface area contributed by atoms with Crippen LogP contribution in [0.5, 0.6) is 0 Å². The summed E-state index contributed by atoms with van der Waals surface area (Å²) in [5.41, 5.74) is 1.95. The first kappa shape index (κ1) is 11.6. The van der Waals surface area contributed by atoms with Gasteiger partial charge in [0.05, 0.1) is 17.1 Å². The first-order valence-corrected chi connectivity index (χ1v) is 5.04. The third-order valence-corrected chi connectivity index (χ3v) is 2.19. The number of hydrogen-bond donors (Lipinski definition) is 2. The lowest BCUT2D eigenvalue weighted by Crippen LogP contribution is -2.19. The molecule has 1 aromatic rings. The van der Waals surface area contributed by atoms with Crippen molar-refractivity contribution in [2.45, 2.75) is 0 Å². The topological polar surface area (TPSA) is 41.1 Å². The van der Waals surface area contributed by atoms with Gasteiger partial charge in [-0.05, 0) is 12.1 Å². The smallest absolute Gasteiger partial charge is 0.253 e. The molecule has 4 heteroatoms. The molecule has 0 aliphatic heterocycles. The molecule has 0 aliphatic rings. The minimum Gasteiger partial charge on any atom is -0.358 e. The van der Waals surface area contributed by atoms with Gasteiger partial charge in [-0.15, -0.1) is 11.6 Å². The molecule has 1 aromatic carbocycles. The van der Waals surface area contributed by atoms with Crippen molar-refractivity contribution in [3.05, 3.63) is 42.1 Å². The molecule has 0 aromatic heterocycles. The van der Waals surface area contributed by atoms with Crippen LogP contribution in [-0.4, -0.2) is 18.8 Å². The number of allylic oxidation sites excluding steroid dienone is 1. The molecule has 80 valence electrons. The van der Waals surface area contributed by atoms with E-state index in [4.69, 9.17) is 11.6 Å². The summed E-state index contributed by atoms with van der Waals surface area (Å²) in [7, 11) is 1.59. The summed E-state index contributed by atoms with van der Waals surface area (Å²) in [4.78, 5) is 11.5. The number of halogens is 1. The number of nitrogens with one attached hydrogen (secondary N) is 2. The maximum absolute atomic E-state index is 11.5. The summed E-state index contributed by atoms with van der Waals surface area (Å²) >= 11 is 5.61. The molecule has 0 fully saturated rings. The minimum absolute atomic E-state index is 0.138. The van der Waals surface area contributed by atoms with Crippen molar-refractivity contribution >= 4 is 23.2 Å². The number of hydrogen-bond acceptors (Lipinski definition) is 2. The molecule has 1 amide bonds. The quantitative estimate of drug-likeness (QED) is 0.770. The summed E-state index contributed by atoms with van der Waals surface area (Å²) in [5, 5.41) is 5.56. The van der Waals surface area contributed by atoms with Crippen molar-refractivity contribution in [1.29, 1.82) is 0 Å². The molecule has 0 saturated carbocycles. The lowest BCUT2D eigenvalue weighted by Gasteiger charge is -2.11. The molecule has 15 heavy (non-hydrogen) atoms. The lowest BCUT2D eigenvalue weighted by atomic mass is 10.1. The van der Waals surface area contributed by atoms with Crippen LogP contribution >= 0.6 is 11.6 Å². The van der Waals surface area contributed by atoms with Crippen molar-refractivity contribution < 1.29 is 4.79 Å². The molecule has 0 atom stereocenters. The summed E-state index contributed by atoms with van der Waals surface area (Å²) in [6.45, 7) is 3.72. The van der Waals surface area contributed by atoms with Gasteiger partial charge in [-0.3, -0.25) is 4.79 Å². The van der Waals surface area contributed by atoms with Crippen molar-refractivity contribution in [3.63, 3.8) is 0 Å². The summed E-state index contributed by atoms with van der Waals surface area (Å²) in [5.74, 6) is 0.169. The second-order valence-corrected chi connectivity index (χ2v) is 3.25. The zero-order chi connectivity index (χ0) is 11.3. The number of alkyl halides is 1. The lowest BCUT2D eigenvalue weighted by molar-refractivity contribution is 0.0964. The van der Waals surface area contributed by atoms with E-state index >= 15 is 0 Å². The van der Waals surface area contributed by atoms with Gasteiger partial charge in [0.25, 0.3) is 5.91 Å². The Hall–Kier alpha value is -1.48. The van der Waals surface area contributed by atoms with Crippen molar-refractivity contribution in [1.82, 2.24) is 5.32 Å². The monoisotopic (exact) mass is 224 g/mol. The molecule has 2 N–H and O–H groups in total. The van der Waals surface area contributed by atoms with Gasteiger partial charge in [-0.25, -0.2) is 0 Å². The number of rotatable bonds is 4. The van der Waals surface area contributed by atoms with E-state index in [0.29, 0.717) is 22.8 Å². The highest BCUT2D eigenvalue weighted by Crippen LogP contribution is 2.16. The Bertz CT molecular complexity index is 377. The van der Waals surface area contributed by atoms with E-state index in [-0.39, 0.29) is 5.91 Å². The average Bonchev–Trinajstić information content (AvgIpc) is 2.28. The molecule has 3 nitrogen and oxygen atoms in total. The standard InChI is InChI=1S/C11H13ClN2O/c1-8(7-12)14-10-6-4-3-5-9(10)11(15)13-2/h3-6,14H,1,7H2,2H3,(H,13,15). The van der Waals surface area contributed by atoms with Gasteiger partial charge in [-0.2, -0.15) is 0 Å². The molecule has 0 heterocycles. The largest absolute Gasteiger partial charge is 0.358 e. The van der Waals surface area contributed by atoms with Crippen LogP contribution in [0, 0.1) is 0 Å². The number of benzene rings is 1. The number of carbonyl (C=O) groups excluding carboxylic acids is 1. The molecule has 0 bridgehead atoms. The highest BCUT2D eigenvalue weighted by Gasteiger charge is 2.08. The molecule has 0 saturated heterocycles. The Morgan fingerprint density at radius 3 is 2.73 bits per heavy atom. The predicted molar refractivity (Wildman–Crippen MR) is 63.3 cm³/mol. The van der Waals surface area contributed by atoms with Crippen LogP contribution in [0.15, 0.2) is 36.5 Å². The second-order valence-electron chi connectivity index (χ2n) is 2.99. The Labute approximate surface area is 94.1 Å². The van der Waals surface area contributed by atoms with E-state index in [1.165, 1.54) is 0 Å². The van der Waals surface area contributed by atoms with Crippen LogP contribution in [0.4, 0.5) is 5.69 Å². The highest BCUT2D eigenvalue weighted by molar-refractivity contribution is 6.19. The zero-order valence-corrected chi connectivity index (χ0v) is 9.27. The van der Waals surface area contributed by atoms with Gasteiger partial charge in [0.2, 0.25) is 0 Å². The van der Waals surface area contributed by atoms with Crippen LogP contribution in [-0.2, 0) is 0 Å². The first-order valence-electron chi connectivity index (χ1n) is 4.51. The Morgan fingerprint density at radius 2 is 2.13 bits per heavy atom. The fourth-order valence-electron chi connectivity index (χ4n) is 1.15. The van der Waals surface area contributed by atoms with E-state index in [9.17, 15) is 4.79 Å². The van der Waals surface area contributed by atoms with Gasteiger partial charge in [-0.1, -0.05) is 18.7 Å². The second kappa shape index (κ2) is 5.41. The highest BCUT2D eigenvalue weighted by atomic mass is 35.5. The first-order chi connectivity index (χ1) is 7.19. The van der Waals surface area contributed by atoms with Gasteiger partial charge in [0.15, 0.2) is 0 Å². The Balaban J connectivity index is 2.96. The third-order valence-electron chi connectivity index (χ3n) is 1.87. The van der Waals surface area contributed by atoms with Crippen molar-refractivity contribution in [3.8, 4) is 0 Å². The van der Waals surface area contributed by atoms with Gasteiger partial charge in [0.1, 0.15) is 0 Å². The predicted octanol–water partition coefficient (Wildman–Crippen LogP) is 2.21. The van der Waals surface area contributed by atoms with E-state index in [0.717, 1.165) is 0 Å². The molecule has 0 aliphatic carbocycles. The van der Waals surface area contributed by atoms with E-state index in [2.05, 4.69) is 17.2 Å². The molecular weight excluding hydrogens is 212 g/mol. The number of anilines is 1. The molecule has 1 rings (SSSR count). The molecule has 0 unspecified atom stereocenters. The van der Waals surface area contributed by atoms with Gasteiger partial charge in [0, 0.05) is 12.7 Å². The molecular formula is C11H13ClN2O.